The number of likely N-dealkylation sites (tertiary alicyclic amines) is 1. The Hall–Kier alpha value is -1.13. The van der Waals surface area contributed by atoms with Crippen LogP contribution in [0.15, 0.2) is 18.2 Å². The van der Waals surface area contributed by atoms with E-state index in [2.05, 4.69) is 5.32 Å². The molecule has 2 aliphatic rings. The molecule has 1 N–H and O–H groups in total. The van der Waals surface area contributed by atoms with E-state index >= 15 is 0 Å². The molecule has 1 amide bonds. The lowest BCUT2D eigenvalue weighted by Crippen LogP contribution is -2.44. The van der Waals surface area contributed by atoms with Crippen molar-refractivity contribution in [2.45, 2.75) is 26.2 Å². The lowest BCUT2D eigenvalue weighted by molar-refractivity contribution is 0.0607. The Kier molecular flexibility index (Phi) is 4.89. The molecule has 0 radical (unpaired) electrons. The summed E-state index contributed by atoms with van der Waals surface area (Å²) in [5.74, 6) is -0.218. The third kappa shape index (κ3) is 3.22. The van der Waals surface area contributed by atoms with Crippen LogP contribution in [0.4, 0.5) is 4.39 Å². The minimum absolute atomic E-state index is 0. The van der Waals surface area contributed by atoms with Gasteiger partial charge < -0.3 is 10.2 Å². The number of nitrogens with one attached hydrogen (secondary N) is 1. The molecule has 2 heterocycles. The Bertz CT molecular complexity index is 519. The average Bonchev–Trinajstić information content (AvgIpc) is 2.90. The molecule has 0 atom stereocenters. The van der Waals surface area contributed by atoms with Gasteiger partial charge in [0.05, 0.1) is 0 Å². The highest BCUT2D eigenvalue weighted by Crippen LogP contribution is 2.37. The molecule has 0 unspecified atom stereocenters. The highest BCUT2D eigenvalue weighted by atomic mass is 35.5. The van der Waals surface area contributed by atoms with Gasteiger partial charge in [-0.2, -0.15) is 0 Å². The van der Waals surface area contributed by atoms with Gasteiger partial charge in [-0.05, 0) is 61.9 Å². The van der Waals surface area contributed by atoms with Gasteiger partial charge in [-0.3, -0.25) is 4.79 Å². The molecule has 1 aromatic rings. The molecular formula is C16H22ClFN2O. The summed E-state index contributed by atoms with van der Waals surface area (Å²) in [7, 11) is 0. The van der Waals surface area contributed by atoms with Crippen LogP contribution in [0.2, 0.25) is 0 Å². The van der Waals surface area contributed by atoms with Crippen molar-refractivity contribution in [2.24, 2.45) is 5.41 Å². The topological polar surface area (TPSA) is 32.3 Å². The Balaban J connectivity index is 0.00000161. The Morgan fingerprint density at radius 3 is 2.57 bits per heavy atom. The van der Waals surface area contributed by atoms with E-state index in [1.165, 1.54) is 12.5 Å². The number of hydrogen-bond donors (Lipinski definition) is 1. The standard InChI is InChI=1S/C16H21FN2O.ClH/c1-12-10-13(2-3-14(12)17)15(20)19-8-5-16(6-9-19)4-7-18-11-16;/h2-3,10,18H,4-9,11H2,1H3;1H. The van der Waals surface area contributed by atoms with Crippen LogP contribution >= 0.6 is 12.4 Å². The van der Waals surface area contributed by atoms with Gasteiger partial charge in [-0.25, -0.2) is 4.39 Å². The maximum atomic E-state index is 13.3. The van der Waals surface area contributed by atoms with E-state index < -0.39 is 0 Å². The first-order valence-corrected chi connectivity index (χ1v) is 7.36. The molecule has 1 spiro atoms. The summed E-state index contributed by atoms with van der Waals surface area (Å²) in [6, 6.07) is 4.63. The number of piperidine rings is 1. The number of carbonyl (C=O) groups excluding carboxylic acids is 1. The SMILES string of the molecule is Cc1cc(C(=O)N2CCC3(CCNC3)CC2)ccc1F.Cl. The molecule has 2 saturated heterocycles. The molecule has 1 aromatic carbocycles. The van der Waals surface area contributed by atoms with Crippen molar-refractivity contribution in [1.82, 2.24) is 10.2 Å². The zero-order valence-electron chi connectivity index (χ0n) is 12.3. The highest BCUT2D eigenvalue weighted by Gasteiger charge is 2.38. The van der Waals surface area contributed by atoms with Gasteiger partial charge in [0.2, 0.25) is 0 Å². The summed E-state index contributed by atoms with van der Waals surface area (Å²) in [5.41, 5.74) is 1.55. The van der Waals surface area contributed by atoms with E-state index in [9.17, 15) is 9.18 Å². The van der Waals surface area contributed by atoms with E-state index in [1.54, 1.807) is 19.1 Å². The largest absolute Gasteiger partial charge is 0.339 e. The summed E-state index contributed by atoms with van der Waals surface area (Å²) >= 11 is 0. The van der Waals surface area contributed by atoms with Gasteiger partial charge >= 0.3 is 0 Å². The Labute approximate surface area is 131 Å². The molecule has 116 valence electrons. The van der Waals surface area contributed by atoms with Crippen LogP contribution in [0, 0.1) is 18.2 Å². The van der Waals surface area contributed by atoms with Crippen molar-refractivity contribution in [3.63, 3.8) is 0 Å². The van der Waals surface area contributed by atoms with Gasteiger partial charge in [-0.15, -0.1) is 12.4 Å². The summed E-state index contributed by atoms with van der Waals surface area (Å²) in [6.45, 7) is 5.52. The predicted octanol–water partition coefficient (Wildman–Crippen LogP) is 2.77. The maximum Gasteiger partial charge on any atom is 0.253 e. The first-order chi connectivity index (χ1) is 9.60. The van der Waals surface area contributed by atoms with Gasteiger partial charge in [0, 0.05) is 25.2 Å². The van der Waals surface area contributed by atoms with Crippen molar-refractivity contribution >= 4 is 18.3 Å². The molecule has 2 fully saturated rings. The van der Waals surface area contributed by atoms with Crippen LogP contribution in [-0.4, -0.2) is 37.0 Å². The van der Waals surface area contributed by atoms with Crippen LogP contribution in [0.25, 0.3) is 0 Å². The molecule has 3 nitrogen and oxygen atoms in total. The molecule has 0 bridgehead atoms. The number of aryl methyl sites for hydroxylation is 1. The van der Waals surface area contributed by atoms with Gasteiger partial charge in [-0.1, -0.05) is 0 Å². The summed E-state index contributed by atoms with van der Waals surface area (Å²) in [5, 5.41) is 3.43. The third-order valence-corrected chi connectivity index (χ3v) is 4.85. The zero-order valence-corrected chi connectivity index (χ0v) is 13.1. The van der Waals surface area contributed by atoms with E-state index in [4.69, 9.17) is 0 Å². The van der Waals surface area contributed by atoms with Crippen molar-refractivity contribution in [2.75, 3.05) is 26.2 Å². The molecule has 0 aliphatic carbocycles. The average molecular weight is 313 g/mol. The molecule has 0 saturated carbocycles. The number of halogens is 2. The fourth-order valence-electron chi connectivity index (χ4n) is 3.37. The fourth-order valence-corrected chi connectivity index (χ4v) is 3.37. The smallest absolute Gasteiger partial charge is 0.253 e. The minimum Gasteiger partial charge on any atom is -0.339 e. The number of hydrogen-bond acceptors (Lipinski definition) is 2. The Morgan fingerprint density at radius 2 is 2.00 bits per heavy atom. The van der Waals surface area contributed by atoms with E-state index in [-0.39, 0.29) is 24.1 Å². The molecule has 0 aromatic heterocycles. The Morgan fingerprint density at radius 1 is 1.29 bits per heavy atom. The number of carbonyl (C=O) groups is 1. The van der Waals surface area contributed by atoms with Crippen LogP contribution in [0.3, 0.4) is 0 Å². The molecule has 21 heavy (non-hydrogen) atoms. The maximum absolute atomic E-state index is 13.3. The first-order valence-electron chi connectivity index (χ1n) is 7.36. The second-order valence-corrected chi connectivity index (χ2v) is 6.18. The number of nitrogens with zero attached hydrogens (tertiary/aromatic N) is 1. The number of amides is 1. The highest BCUT2D eigenvalue weighted by molar-refractivity contribution is 5.94. The summed E-state index contributed by atoms with van der Waals surface area (Å²) in [4.78, 5) is 14.4. The summed E-state index contributed by atoms with van der Waals surface area (Å²) < 4.78 is 13.3. The molecular weight excluding hydrogens is 291 g/mol. The number of benzene rings is 1. The van der Waals surface area contributed by atoms with Gasteiger partial charge in [0.15, 0.2) is 0 Å². The summed E-state index contributed by atoms with van der Waals surface area (Å²) in [6.07, 6.45) is 3.38. The second-order valence-electron chi connectivity index (χ2n) is 6.18. The van der Waals surface area contributed by atoms with Crippen LogP contribution in [0.5, 0.6) is 0 Å². The third-order valence-electron chi connectivity index (χ3n) is 4.85. The van der Waals surface area contributed by atoms with Crippen LogP contribution in [-0.2, 0) is 0 Å². The van der Waals surface area contributed by atoms with Crippen LogP contribution in [0.1, 0.15) is 35.2 Å². The van der Waals surface area contributed by atoms with Crippen molar-refractivity contribution in [3.8, 4) is 0 Å². The number of rotatable bonds is 1. The molecule has 3 rings (SSSR count). The normalized spacial score (nSPS) is 20.4. The van der Waals surface area contributed by atoms with Crippen LogP contribution < -0.4 is 5.32 Å². The lowest BCUT2D eigenvalue weighted by atomic mass is 9.78. The lowest BCUT2D eigenvalue weighted by Gasteiger charge is -2.39. The van der Waals surface area contributed by atoms with Crippen molar-refractivity contribution in [3.05, 3.63) is 35.1 Å². The fraction of sp³-hybridized carbons (Fsp3) is 0.562. The predicted molar refractivity (Wildman–Crippen MR) is 83.4 cm³/mol. The quantitative estimate of drug-likeness (QED) is 0.865. The van der Waals surface area contributed by atoms with Gasteiger partial charge in [0.25, 0.3) is 5.91 Å². The van der Waals surface area contributed by atoms with E-state index in [1.807, 2.05) is 4.90 Å². The van der Waals surface area contributed by atoms with Crippen molar-refractivity contribution < 1.29 is 9.18 Å². The van der Waals surface area contributed by atoms with Gasteiger partial charge in [0.1, 0.15) is 5.82 Å². The molecule has 2 aliphatic heterocycles. The van der Waals surface area contributed by atoms with E-state index in [0.717, 1.165) is 39.0 Å². The van der Waals surface area contributed by atoms with E-state index in [0.29, 0.717) is 16.5 Å². The minimum atomic E-state index is -0.254. The monoisotopic (exact) mass is 312 g/mol. The second kappa shape index (κ2) is 6.32. The molecule has 5 heteroatoms. The van der Waals surface area contributed by atoms with Crippen molar-refractivity contribution in [1.29, 1.82) is 0 Å². The zero-order chi connectivity index (χ0) is 14.2. The first kappa shape index (κ1) is 16.2.